The molecule has 2 aliphatic heterocycles. The van der Waals surface area contributed by atoms with E-state index in [1.165, 1.54) is 39.3 Å². The lowest BCUT2D eigenvalue weighted by Crippen LogP contribution is -2.30. The van der Waals surface area contributed by atoms with Crippen LogP contribution in [-0.4, -0.2) is 5.71 Å². The Hall–Kier alpha value is -3.65. The molecular weight excluding hydrogens is 376 g/mol. The van der Waals surface area contributed by atoms with Crippen molar-refractivity contribution in [3.8, 4) is 0 Å². The number of hydrogen-bond acceptors (Lipinski definition) is 2. The van der Waals surface area contributed by atoms with Gasteiger partial charge >= 0.3 is 0 Å². The Labute approximate surface area is 183 Å². The van der Waals surface area contributed by atoms with E-state index < -0.39 is 0 Å². The van der Waals surface area contributed by atoms with Crippen molar-refractivity contribution in [2.75, 3.05) is 4.90 Å². The zero-order valence-corrected chi connectivity index (χ0v) is 17.8. The third-order valence-electron chi connectivity index (χ3n) is 6.68. The number of nitrogens with zero attached hydrogens (tertiary/aromatic N) is 2. The molecule has 0 saturated carbocycles. The Morgan fingerprint density at radius 3 is 2.26 bits per heavy atom. The highest BCUT2D eigenvalue weighted by molar-refractivity contribution is 6.07. The summed E-state index contributed by atoms with van der Waals surface area (Å²) in [6, 6.07) is 34.8. The Morgan fingerprint density at radius 2 is 1.42 bits per heavy atom. The SMILES string of the molecule is CC1(C)c2ccccc2N(c2ccccc2)c2cc(C3=Nc4ccccc4C3)ccc21. The summed E-state index contributed by atoms with van der Waals surface area (Å²) in [5.41, 5.74) is 11.0. The molecule has 0 amide bonds. The van der Waals surface area contributed by atoms with Crippen LogP contribution in [0.25, 0.3) is 0 Å². The first-order valence-corrected chi connectivity index (χ1v) is 10.9. The van der Waals surface area contributed by atoms with E-state index in [0.717, 1.165) is 17.8 Å². The van der Waals surface area contributed by atoms with Gasteiger partial charge in [0, 0.05) is 17.5 Å². The second-order valence-corrected chi connectivity index (χ2v) is 8.91. The van der Waals surface area contributed by atoms with Crippen LogP contribution in [0.15, 0.2) is 102 Å². The summed E-state index contributed by atoms with van der Waals surface area (Å²) in [6.07, 6.45) is 0.889. The normalized spacial score (nSPS) is 15.7. The number of para-hydroxylation sites is 3. The fourth-order valence-electron chi connectivity index (χ4n) is 5.05. The van der Waals surface area contributed by atoms with Crippen LogP contribution in [0.5, 0.6) is 0 Å². The van der Waals surface area contributed by atoms with E-state index in [0.29, 0.717) is 0 Å². The minimum absolute atomic E-state index is 0.0732. The highest BCUT2D eigenvalue weighted by atomic mass is 15.2. The van der Waals surface area contributed by atoms with Crippen molar-refractivity contribution in [1.82, 2.24) is 0 Å². The van der Waals surface area contributed by atoms with Crippen LogP contribution in [-0.2, 0) is 11.8 Å². The van der Waals surface area contributed by atoms with Gasteiger partial charge in [0.1, 0.15) is 0 Å². The first kappa shape index (κ1) is 18.1. The van der Waals surface area contributed by atoms with Gasteiger partial charge in [0.05, 0.1) is 22.8 Å². The number of anilines is 3. The molecule has 4 aromatic carbocycles. The Balaban J connectivity index is 1.55. The maximum absolute atomic E-state index is 4.95. The van der Waals surface area contributed by atoms with Crippen molar-refractivity contribution in [3.05, 3.63) is 119 Å². The van der Waals surface area contributed by atoms with Gasteiger partial charge in [-0.1, -0.05) is 80.6 Å². The Bertz CT molecular complexity index is 1330. The molecule has 0 bridgehead atoms. The molecule has 6 rings (SSSR count). The first-order chi connectivity index (χ1) is 15.1. The highest BCUT2D eigenvalue weighted by Crippen LogP contribution is 2.52. The second-order valence-electron chi connectivity index (χ2n) is 8.91. The maximum atomic E-state index is 4.95. The van der Waals surface area contributed by atoms with Crippen molar-refractivity contribution in [2.45, 2.75) is 25.7 Å². The Kier molecular flexibility index (Phi) is 3.91. The second kappa shape index (κ2) is 6.68. The number of aliphatic imine (C=N–C) groups is 1. The molecule has 31 heavy (non-hydrogen) atoms. The van der Waals surface area contributed by atoms with Crippen LogP contribution < -0.4 is 4.90 Å². The lowest BCUT2D eigenvalue weighted by atomic mass is 9.73. The topological polar surface area (TPSA) is 15.6 Å². The lowest BCUT2D eigenvalue weighted by Gasteiger charge is -2.42. The van der Waals surface area contributed by atoms with Crippen LogP contribution in [0.3, 0.4) is 0 Å². The summed E-state index contributed by atoms with van der Waals surface area (Å²) in [5, 5.41) is 0. The van der Waals surface area contributed by atoms with Crippen LogP contribution in [0.4, 0.5) is 22.7 Å². The third-order valence-corrected chi connectivity index (χ3v) is 6.68. The van der Waals surface area contributed by atoms with Crippen molar-refractivity contribution in [1.29, 1.82) is 0 Å². The van der Waals surface area contributed by atoms with E-state index in [1.54, 1.807) is 0 Å². The molecule has 0 unspecified atom stereocenters. The van der Waals surface area contributed by atoms with E-state index in [2.05, 4.69) is 116 Å². The summed E-state index contributed by atoms with van der Waals surface area (Å²) in [5.74, 6) is 0. The molecule has 150 valence electrons. The smallest absolute Gasteiger partial charge is 0.0669 e. The molecule has 2 heteroatoms. The molecule has 0 N–H and O–H groups in total. The molecule has 4 aromatic rings. The summed E-state index contributed by atoms with van der Waals surface area (Å²) >= 11 is 0. The van der Waals surface area contributed by atoms with Gasteiger partial charge in [-0.15, -0.1) is 0 Å². The van der Waals surface area contributed by atoms with Crippen molar-refractivity contribution >= 4 is 28.5 Å². The molecule has 2 aliphatic rings. The largest absolute Gasteiger partial charge is 0.310 e. The van der Waals surface area contributed by atoms with Crippen molar-refractivity contribution < 1.29 is 0 Å². The van der Waals surface area contributed by atoms with Gasteiger partial charge < -0.3 is 4.90 Å². The van der Waals surface area contributed by atoms with Crippen molar-refractivity contribution in [2.24, 2.45) is 4.99 Å². The van der Waals surface area contributed by atoms with E-state index >= 15 is 0 Å². The minimum Gasteiger partial charge on any atom is -0.310 e. The first-order valence-electron chi connectivity index (χ1n) is 10.9. The zero-order chi connectivity index (χ0) is 21.0. The summed E-state index contributed by atoms with van der Waals surface area (Å²) < 4.78 is 0. The number of hydrogen-bond donors (Lipinski definition) is 0. The van der Waals surface area contributed by atoms with Crippen LogP contribution in [0.2, 0.25) is 0 Å². The summed E-state index contributed by atoms with van der Waals surface area (Å²) in [4.78, 5) is 7.35. The van der Waals surface area contributed by atoms with Crippen molar-refractivity contribution in [3.63, 3.8) is 0 Å². The van der Waals surface area contributed by atoms with Crippen LogP contribution in [0, 0.1) is 0 Å². The average Bonchev–Trinajstić information content (AvgIpc) is 3.24. The van der Waals surface area contributed by atoms with Gasteiger partial charge in [-0.05, 0) is 52.6 Å². The molecular formula is C29H24N2. The molecule has 0 saturated heterocycles. The molecule has 0 aliphatic carbocycles. The molecule has 0 radical (unpaired) electrons. The van der Waals surface area contributed by atoms with Crippen LogP contribution >= 0.6 is 0 Å². The molecule has 0 aromatic heterocycles. The number of benzene rings is 4. The number of rotatable bonds is 2. The average molecular weight is 401 g/mol. The predicted molar refractivity (Wildman–Crippen MR) is 130 cm³/mol. The van der Waals surface area contributed by atoms with Gasteiger partial charge in [0.2, 0.25) is 0 Å². The summed E-state index contributed by atoms with van der Waals surface area (Å²) in [6.45, 7) is 4.66. The Morgan fingerprint density at radius 1 is 0.710 bits per heavy atom. The standard InChI is InChI=1S/C29H24N2/c1-29(2)23-13-7-9-15-27(23)31(22-11-4-3-5-12-22)28-19-21(16-17-24(28)29)26-18-20-10-6-8-14-25(20)30-26/h3-17,19H,18H2,1-2H3. The van der Waals surface area contributed by atoms with Crippen LogP contribution in [0.1, 0.15) is 36.1 Å². The van der Waals surface area contributed by atoms with Gasteiger partial charge in [0.15, 0.2) is 0 Å². The monoisotopic (exact) mass is 400 g/mol. The van der Waals surface area contributed by atoms with Gasteiger partial charge in [-0.25, -0.2) is 0 Å². The molecule has 2 heterocycles. The molecule has 0 fully saturated rings. The van der Waals surface area contributed by atoms with Gasteiger partial charge in [0.25, 0.3) is 0 Å². The zero-order valence-electron chi connectivity index (χ0n) is 17.8. The lowest BCUT2D eigenvalue weighted by molar-refractivity contribution is 0.632. The van der Waals surface area contributed by atoms with E-state index in [1.807, 2.05) is 0 Å². The molecule has 0 spiro atoms. The fraction of sp³-hybridized carbons (Fsp3) is 0.138. The minimum atomic E-state index is -0.0732. The molecule has 2 nitrogen and oxygen atoms in total. The fourth-order valence-corrected chi connectivity index (χ4v) is 5.05. The third kappa shape index (κ3) is 2.75. The van der Waals surface area contributed by atoms with E-state index in [-0.39, 0.29) is 5.41 Å². The van der Waals surface area contributed by atoms with Gasteiger partial charge in [-0.2, -0.15) is 0 Å². The molecule has 0 atom stereocenters. The number of fused-ring (bicyclic) bond motifs is 3. The van der Waals surface area contributed by atoms with Gasteiger partial charge in [-0.3, -0.25) is 4.99 Å². The van der Waals surface area contributed by atoms with E-state index in [4.69, 9.17) is 4.99 Å². The summed E-state index contributed by atoms with van der Waals surface area (Å²) in [7, 11) is 0. The van der Waals surface area contributed by atoms with E-state index in [9.17, 15) is 0 Å². The highest BCUT2D eigenvalue weighted by Gasteiger charge is 2.37. The maximum Gasteiger partial charge on any atom is 0.0669 e. The quantitative estimate of drug-likeness (QED) is 0.341. The predicted octanol–water partition coefficient (Wildman–Crippen LogP) is 7.47.